The predicted molar refractivity (Wildman–Crippen MR) is 141 cm³/mol. The van der Waals surface area contributed by atoms with Gasteiger partial charge in [0.25, 0.3) is 0 Å². The third kappa shape index (κ3) is 7.99. The van der Waals surface area contributed by atoms with Crippen molar-refractivity contribution in [2.75, 3.05) is 26.8 Å². The lowest BCUT2D eigenvalue weighted by Gasteiger charge is -2.27. The molecule has 2 amide bonds. The number of ether oxygens (including phenoxy) is 2. The van der Waals surface area contributed by atoms with Gasteiger partial charge >= 0.3 is 6.09 Å². The number of carbonyl (C=O) groups excluding carboxylic acids is 2. The fourth-order valence-corrected chi connectivity index (χ4v) is 3.92. The Morgan fingerprint density at radius 2 is 1.69 bits per heavy atom. The van der Waals surface area contributed by atoms with Gasteiger partial charge in [0, 0.05) is 20.0 Å². The number of nitrogens with one attached hydrogen (secondary N) is 1. The van der Waals surface area contributed by atoms with Crippen molar-refractivity contribution < 1.29 is 24.2 Å². The minimum absolute atomic E-state index is 0.0699. The minimum atomic E-state index is -0.785. The monoisotopic (exact) mass is 492 g/mol. The standard InChI is InChI=1S/C29H36N2O5/c1-29(2,3)36-28(34)30-25(20-21-13-14-22-9-5-6-11-24(22)19-21)27(33)31(4)16-15-23-10-7-8-12-26(23)35-18-17-32/h5-14,19,25,32H,15-18,20H2,1-4H3,(H,30,34)/t25-/m1/s1. The Bertz CT molecular complexity index is 1170. The molecule has 0 unspecified atom stereocenters. The molecule has 0 spiro atoms. The Morgan fingerprint density at radius 3 is 2.42 bits per heavy atom. The second kappa shape index (κ2) is 12.4. The van der Waals surface area contributed by atoms with Crippen molar-refractivity contribution in [1.29, 1.82) is 0 Å². The van der Waals surface area contributed by atoms with Crippen molar-refractivity contribution in [1.82, 2.24) is 10.2 Å². The molecule has 2 N–H and O–H groups in total. The SMILES string of the molecule is CN(CCc1ccccc1OCCO)C(=O)[C@@H](Cc1ccc2ccccc2c1)NC(=O)OC(C)(C)C. The summed E-state index contributed by atoms with van der Waals surface area (Å²) in [5.74, 6) is 0.481. The molecule has 36 heavy (non-hydrogen) atoms. The topological polar surface area (TPSA) is 88.1 Å². The van der Waals surface area contributed by atoms with Crippen molar-refractivity contribution in [2.45, 2.75) is 45.3 Å². The molecule has 192 valence electrons. The molecule has 0 saturated carbocycles. The number of para-hydroxylation sites is 1. The molecule has 3 aromatic rings. The van der Waals surface area contributed by atoms with Crippen LogP contribution < -0.4 is 10.1 Å². The molecule has 3 aromatic carbocycles. The van der Waals surface area contributed by atoms with Gasteiger partial charge in [-0.3, -0.25) is 4.79 Å². The molecule has 7 heteroatoms. The number of rotatable bonds is 10. The summed E-state index contributed by atoms with van der Waals surface area (Å²) in [7, 11) is 1.73. The molecule has 7 nitrogen and oxygen atoms in total. The number of nitrogens with zero attached hydrogens (tertiary/aromatic N) is 1. The first kappa shape index (κ1) is 27.0. The summed E-state index contributed by atoms with van der Waals surface area (Å²) in [5, 5.41) is 14.0. The third-order valence-electron chi connectivity index (χ3n) is 5.66. The maximum absolute atomic E-state index is 13.5. The van der Waals surface area contributed by atoms with E-state index >= 15 is 0 Å². The van der Waals surface area contributed by atoms with Gasteiger partial charge in [0.1, 0.15) is 24.0 Å². The summed E-state index contributed by atoms with van der Waals surface area (Å²) < 4.78 is 11.0. The van der Waals surface area contributed by atoms with E-state index in [-0.39, 0.29) is 19.1 Å². The van der Waals surface area contributed by atoms with Crippen molar-refractivity contribution in [3.05, 3.63) is 77.9 Å². The van der Waals surface area contributed by atoms with Crippen LogP contribution in [0.15, 0.2) is 66.7 Å². The lowest BCUT2D eigenvalue weighted by atomic mass is 10.0. The molecule has 0 radical (unpaired) electrons. The summed E-state index contributed by atoms with van der Waals surface area (Å²) in [6, 6.07) is 20.9. The fraction of sp³-hybridized carbons (Fsp3) is 0.379. The van der Waals surface area contributed by atoms with E-state index in [9.17, 15) is 9.59 Å². The van der Waals surface area contributed by atoms with Crippen molar-refractivity contribution in [3.63, 3.8) is 0 Å². The fourth-order valence-electron chi connectivity index (χ4n) is 3.92. The Balaban J connectivity index is 1.74. The molecule has 0 aliphatic rings. The van der Waals surface area contributed by atoms with Crippen LogP contribution in [0.2, 0.25) is 0 Å². The number of aliphatic hydroxyl groups is 1. The minimum Gasteiger partial charge on any atom is -0.491 e. The number of hydrogen-bond donors (Lipinski definition) is 2. The lowest BCUT2D eigenvalue weighted by molar-refractivity contribution is -0.132. The first-order valence-electron chi connectivity index (χ1n) is 12.2. The Morgan fingerprint density at radius 1 is 1.00 bits per heavy atom. The molecule has 0 saturated heterocycles. The first-order valence-corrected chi connectivity index (χ1v) is 12.2. The van der Waals surface area contributed by atoms with E-state index in [2.05, 4.69) is 5.32 Å². The van der Waals surface area contributed by atoms with E-state index in [1.807, 2.05) is 66.7 Å². The van der Waals surface area contributed by atoms with Crippen LogP contribution in [0.25, 0.3) is 10.8 Å². The Labute approximate surface area is 213 Å². The van der Waals surface area contributed by atoms with Gasteiger partial charge in [-0.25, -0.2) is 4.79 Å². The Hall–Kier alpha value is -3.58. The number of alkyl carbamates (subject to hydrolysis) is 1. The molecule has 0 aliphatic carbocycles. The smallest absolute Gasteiger partial charge is 0.408 e. The number of hydrogen-bond acceptors (Lipinski definition) is 5. The average molecular weight is 493 g/mol. The highest BCUT2D eigenvalue weighted by atomic mass is 16.6. The van der Waals surface area contributed by atoms with E-state index < -0.39 is 17.7 Å². The van der Waals surface area contributed by atoms with E-state index in [1.165, 1.54) is 0 Å². The molecular weight excluding hydrogens is 456 g/mol. The van der Waals surface area contributed by atoms with Crippen molar-refractivity contribution in [3.8, 4) is 5.75 Å². The lowest BCUT2D eigenvalue weighted by Crippen LogP contribution is -2.50. The number of fused-ring (bicyclic) bond motifs is 1. The van der Waals surface area contributed by atoms with Gasteiger partial charge in [-0.05, 0) is 55.2 Å². The summed E-state index contributed by atoms with van der Waals surface area (Å²) in [5.41, 5.74) is 1.21. The largest absolute Gasteiger partial charge is 0.491 e. The normalized spacial score (nSPS) is 12.1. The second-order valence-corrected chi connectivity index (χ2v) is 9.77. The van der Waals surface area contributed by atoms with Crippen LogP contribution in [0.3, 0.4) is 0 Å². The highest BCUT2D eigenvalue weighted by Gasteiger charge is 2.27. The molecule has 0 heterocycles. The summed E-state index contributed by atoms with van der Waals surface area (Å²) >= 11 is 0. The summed E-state index contributed by atoms with van der Waals surface area (Å²) in [6.07, 6.45) is 0.278. The quantitative estimate of drug-likeness (QED) is 0.439. The van der Waals surface area contributed by atoms with Gasteiger partial charge in [-0.15, -0.1) is 0 Å². The van der Waals surface area contributed by atoms with Gasteiger partial charge in [0.05, 0.1) is 6.61 Å². The van der Waals surface area contributed by atoms with E-state index in [1.54, 1.807) is 32.7 Å². The number of benzene rings is 3. The zero-order valence-corrected chi connectivity index (χ0v) is 21.5. The predicted octanol–water partition coefficient (Wildman–Crippen LogP) is 4.35. The zero-order valence-electron chi connectivity index (χ0n) is 21.5. The van der Waals surface area contributed by atoms with Crippen LogP contribution >= 0.6 is 0 Å². The molecule has 0 fully saturated rings. The number of aliphatic hydroxyl groups excluding tert-OH is 1. The third-order valence-corrected chi connectivity index (χ3v) is 5.66. The van der Waals surface area contributed by atoms with Crippen LogP contribution in [-0.4, -0.2) is 60.5 Å². The number of carbonyl (C=O) groups is 2. The van der Waals surface area contributed by atoms with E-state index in [0.29, 0.717) is 25.1 Å². The van der Waals surface area contributed by atoms with Gasteiger partial charge in [0.15, 0.2) is 0 Å². The summed E-state index contributed by atoms with van der Waals surface area (Å²) in [4.78, 5) is 27.7. The van der Waals surface area contributed by atoms with Gasteiger partial charge in [-0.1, -0.05) is 60.7 Å². The van der Waals surface area contributed by atoms with Crippen LogP contribution in [0, 0.1) is 0 Å². The highest BCUT2D eigenvalue weighted by molar-refractivity contribution is 5.87. The maximum atomic E-state index is 13.5. The average Bonchev–Trinajstić information content (AvgIpc) is 2.84. The molecule has 0 aliphatic heterocycles. The Kier molecular flexibility index (Phi) is 9.31. The van der Waals surface area contributed by atoms with Crippen LogP contribution in [-0.2, 0) is 22.4 Å². The molecule has 0 bridgehead atoms. The second-order valence-electron chi connectivity index (χ2n) is 9.77. The summed E-state index contributed by atoms with van der Waals surface area (Å²) in [6.45, 7) is 5.93. The number of amides is 2. The van der Waals surface area contributed by atoms with Gasteiger partial charge < -0.3 is 24.8 Å². The van der Waals surface area contributed by atoms with Crippen LogP contribution in [0.1, 0.15) is 31.9 Å². The van der Waals surface area contributed by atoms with Crippen LogP contribution in [0.5, 0.6) is 5.75 Å². The molecular formula is C29H36N2O5. The van der Waals surface area contributed by atoms with Gasteiger partial charge in [0.2, 0.25) is 5.91 Å². The first-order chi connectivity index (χ1) is 17.2. The van der Waals surface area contributed by atoms with Crippen molar-refractivity contribution >= 4 is 22.8 Å². The number of likely N-dealkylation sites (N-methyl/N-ethyl adjacent to an activating group) is 1. The van der Waals surface area contributed by atoms with E-state index in [0.717, 1.165) is 21.9 Å². The van der Waals surface area contributed by atoms with E-state index in [4.69, 9.17) is 14.6 Å². The maximum Gasteiger partial charge on any atom is 0.408 e. The molecule has 3 rings (SSSR count). The molecule has 0 aromatic heterocycles. The molecule has 1 atom stereocenters. The zero-order chi connectivity index (χ0) is 26.1. The highest BCUT2D eigenvalue weighted by Crippen LogP contribution is 2.20. The van der Waals surface area contributed by atoms with Crippen LogP contribution in [0.4, 0.5) is 4.79 Å². The van der Waals surface area contributed by atoms with Crippen molar-refractivity contribution in [2.24, 2.45) is 0 Å². The van der Waals surface area contributed by atoms with Gasteiger partial charge in [-0.2, -0.15) is 0 Å².